The van der Waals surface area contributed by atoms with Gasteiger partial charge in [0.1, 0.15) is 5.82 Å². The number of hydrogen-bond acceptors (Lipinski definition) is 2. The molecule has 0 aromatic heterocycles. The van der Waals surface area contributed by atoms with E-state index in [4.69, 9.17) is 0 Å². The number of hydrogen-bond donors (Lipinski definition) is 2. The average Bonchev–Trinajstić information content (AvgIpc) is 2.29. The van der Waals surface area contributed by atoms with E-state index in [0.29, 0.717) is 13.0 Å². The van der Waals surface area contributed by atoms with Crippen LogP contribution in [-0.2, 0) is 11.3 Å². The predicted octanol–water partition coefficient (Wildman–Crippen LogP) is 1.44. The molecule has 1 amide bonds. The molecule has 0 radical (unpaired) electrons. The van der Waals surface area contributed by atoms with Crippen molar-refractivity contribution in [2.45, 2.75) is 19.4 Å². The third-order valence-electron chi connectivity index (χ3n) is 2.23. The van der Waals surface area contributed by atoms with Crippen LogP contribution in [0.25, 0.3) is 0 Å². The molecule has 1 rings (SSSR count). The second-order valence-electron chi connectivity index (χ2n) is 3.61. The number of nitrogens with one attached hydrogen (secondary N) is 2. The summed E-state index contributed by atoms with van der Waals surface area (Å²) in [5.41, 5.74) is 0.906. The fourth-order valence-corrected chi connectivity index (χ4v) is 1.32. The molecule has 1 aromatic rings. The van der Waals surface area contributed by atoms with Crippen LogP contribution in [0.15, 0.2) is 24.3 Å². The number of halogens is 1. The van der Waals surface area contributed by atoms with Gasteiger partial charge in [-0.1, -0.05) is 12.1 Å². The molecule has 0 fully saturated rings. The second kappa shape index (κ2) is 6.95. The lowest BCUT2D eigenvalue weighted by molar-refractivity contribution is -0.121. The van der Waals surface area contributed by atoms with E-state index < -0.39 is 0 Å². The van der Waals surface area contributed by atoms with E-state index in [2.05, 4.69) is 10.6 Å². The van der Waals surface area contributed by atoms with Crippen molar-refractivity contribution in [2.24, 2.45) is 0 Å². The summed E-state index contributed by atoms with van der Waals surface area (Å²) >= 11 is 0. The summed E-state index contributed by atoms with van der Waals surface area (Å²) in [7, 11) is 1.86. The first kappa shape index (κ1) is 12.6. The van der Waals surface area contributed by atoms with E-state index in [-0.39, 0.29) is 11.7 Å². The Labute approximate surface area is 95.0 Å². The van der Waals surface area contributed by atoms with Gasteiger partial charge in [-0.05, 0) is 37.7 Å². The van der Waals surface area contributed by atoms with Crippen LogP contribution in [0, 0.1) is 5.82 Å². The summed E-state index contributed by atoms with van der Waals surface area (Å²) in [5, 5.41) is 5.77. The van der Waals surface area contributed by atoms with Gasteiger partial charge in [0.05, 0.1) is 0 Å². The minimum atomic E-state index is -0.260. The van der Waals surface area contributed by atoms with Crippen LogP contribution in [0.1, 0.15) is 18.4 Å². The molecule has 1 aromatic carbocycles. The summed E-state index contributed by atoms with van der Waals surface area (Å²) in [5.74, 6) is -0.233. The fourth-order valence-electron chi connectivity index (χ4n) is 1.32. The maximum Gasteiger partial charge on any atom is 0.220 e. The van der Waals surface area contributed by atoms with Gasteiger partial charge in [0, 0.05) is 13.0 Å². The maximum absolute atomic E-state index is 12.6. The molecule has 0 heterocycles. The minimum absolute atomic E-state index is 0.0274. The molecule has 0 unspecified atom stereocenters. The molecule has 0 aliphatic rings. The molecule has 88 valence electrons. The summed E-state index contributed by atoms with van der Waals surface area (Å²) in [6, 6.07) is 6.12. The standard InChI is InChI=1S/C12H17FN2O/c1-14-8-2-3-12(16)15-9-10-4-6-11(13)7-5-10/h4-7,14H,2-3,8-9H2,1H3,(H,15,16). The van der Waals surface area contributed by atoms with Crippen molar-refractivity contribution in [3.63, 3.8) is 0 Å². The van der Waals surface area contributed by atoms with Crippen LogP contribution in [0.5, 0.6) is 0 Å². The molecular formula is C12H17FN2O. The Morgan fingerprint density at radius 3 is 2.62 bits per heavy atom. The van der Waals surface area contributed by atoms with Crippen molar-refractivity contribution >= 4 is 5.91 Å². The molecular weight excluding hydrogens is 207 g/mol. The summed E-state index contributed by atoms with van der Waals surface area (Å²) in [6.45, 7) is 1.29. The van der Waals surface area contributed by atoms with Gasteiger partial charge in [-0.3, -0.25) is 4.79 Å². The van der Waals surface area contributed by atoms with Crippen molar-refractivity contribution < 1.29 is 9.18 Å². The zero-order chi connectivity index (χ0) is 11.8. The highest BCUT2D eigenvalue weighted by atomic mass is 19.1. The molecule has 0 saturated heterocycles. The Bertz CT molecular complexity index is 324. The van der Waals surface area contributed by atoms with Crippen LogP contribution in [0.4, 0.5) is 4.39 Å². The average molecular weight is 224 g/mol. The van der Waals surface area contributed by atoms with Crippen molar-refractivity contribution in [3.8, 4) is 0 Å². The SMILES string of the molecule is CNCCCC(=O)NCc1ccc(F)cc1. The summed E-state index contributed by atoms with van der Waals surface area (Å²) < 4.78 is 12.6. The molecule has 4 heteroatoms. The van der Waals surface area contributed by atoms with Gasteiger partial charge in [-0.2, -0.15) is 0 Å². The van der Waals surface area contributed by atoms with Crippen molar-refractivity contribution in [1.29, 1.82) is 0 Å². The molecule has 0 aliphatic carbocycles. The van der Waals surface area contributed by atoms with Gasteiger partial charge in [0.25, 0.3) is 0 Å². The van der Waals surface area contributed by atoms with E-state index in [1.165, 1.54) is 12.1 Å². The molecule has 3 nitrogen and oxygen atoms in total. The van der Waals surface area contributed by atoms with Crippen LogP contribution in [-0.4, -0.2) is 19.5 Å². The van der Waals surface area contributed by atoms with Crippen LogP contribution in [0.2, 0.25) is 0 Å². The molecule has 0 spiro atoms. The highest BCUT2D eigenvalue weighted by molar-refractivity contribution is 5.75. The minimum Gasteiger partial charge on any atom is -0.352 e. The number of benzene rings is 1. The van der Waals surface area contributed by atoms with E-state index in [0.717, 1.165) is 18.5 Å². The quantitative estimate of drug-likeness (QED) is 0.718. The van der Waals surface area contributed by atoms with Gasteiger partial charge >= 0.3 is 0 Å². The molecule has 0 atom stereocenters. The lowest BCUT2D eigenvalue weighted by Gasteiger charge is -2.05. The molecule has 0 bridgehead atoms. The van der Waals surface area contributed by atoms with Gasteiger partial charge in [0.15, 0.2) is 0 Å². The Balaban J connectivity index is 2.23. The zero-order valence-corrected chi connectivity index (χ0v) is 9.42. The van der Waals surface area contributed by atoms with Crippen molar-refractivity contribution in [2.75, 3.05) is 13.6 Å². The lowest BCUT2D eigenvalue weighted by atomic mass is 10.2. The largest absolute Gasteiger partial charge is 0.352 e. The van der Waals surface area contributed by atoms with Crippen molar-refractivity contribution in [1.82, 2.24) is 10.6 Å². The highest BCUT2D eigenvalue weighted by Gasteiger charge is 2.00. The molecule has 2 N–H and O–H groups in total. The van der Waals surface area contributed by atoms with Crippen LogP contribution < -0.4 is 10.6 Å². The Morgan fingerprint density at radius 1 is 1.31 bits per heavy atom. The fraction of sp³-hybridized carbons (Fsp3) is 0.417. The number of rotatable bonds is 6. The summed E-state index contributed by atoms with van der Waals surface area (Å²) in [4.78, 5) is 11.3. The smallest absolute Gasteiger partial charge is 0.220 e. The maximum atomic E-state index is 12.6. The van der Waals surface area contributed by atoms with Gasteiger partial charge < -0.3 is 10.6 Å². The Kier molecular flexibility index (Phi) is 5.50. The third kappa shape index (κ3) is 4.89. The van der Waals surface area contributed by atoms with Gasteiger partial charge in [-0.15, -0.1) is 0 Å². The topological polar surface area (TPSA) is 41.1 Å². The first-order valence-corrected chi connectivity index (χ1v) is 5.38. The highest BCUT2D eigenvalue weighted by Crippen LogP contribution is 2.02. The number of carbonyl (C=O) groups is 1. The summed E-state index contributed by atoms with van der Waals surface area (Å²) in [6.07, 6.45) is 1.34. The van der Waals surface area contributed by atoms with E-state index >= 15 is 0 Å². The van der Waals surface area contributed by atoms with Crippen LogP contribution >= 0.6 is 0 Å². The van der Waals surface area contributed by atoms with Crippen LogP contribution in [0.3, 0.4) is 0 Å². The first-order chi connectivity index (χ1) is 7.72. The molecule has 0 saturated carbocycles. The van der Waals surface area contributed by atoms with Gasteiger partial charge in [0.2, 0.25) is 5.91 Å². The predicted molar refractivity (Wildman–Crippen MR) is 61.4 cm³/mol. The Hall–Kier alpha value is -1.42. The molecule has 16 heavy (non-hydrogen) atoms. The monoisotopic (exact) mass is 224 g/mol. The van der Waals surface area contributed by atoms with E-state index in [1.807, 2.05) is 7.05 Å². The normalized spacial score (nSPS) is 10.1. The molecule has 0 aliphatic heterocycles. The van der Waals surface area contributed by atoms with E-state index in [9.17, 15) is 9.18 Å². The second-order valence-corrected chi connectivity index (χ2v) is 3.61. The first-order valence-electron chi connectivity index (χ1n) is 5.38. The number of amides is 1. The van der Waals surface area contributed by atoms with Crippen molar-refractivity contribution in [3.05, 3.63) is 35.6 Å². The zero-order valence-electron chi connectivity index (χ0n) is 9.42. The van der Waals surface area contributed by atoms with E-state index in [1.54, 1.807) is 12.1 Å². The lowest BCUT2D eigenvalue weighted by Crippen LogP contribution is -2.23. The van der Waals surface area contributed by atoms with Gasteiger partial charge in [-0.25, -0.2) is 4.39 Å². The third-order valence-corrected chi connectivity index (χ3v) is 2.23. The number of carbonyl (C=O) groups excluding carboxylic acids is 1. The Morgan fingerprint density at radius 2 is 2.00 bits per heavy atom.